The average molecular weight is 310 g/mol. The van der Waals surface area contributed by atoms with Gasteiger partial charge in [0.1, 0.15) is 11.5 Å². The lowest BCUT2D eigenvalue weighted by Crippen LogP contribution is -2.12. The second-order valence-corrected chi connectivity index (χ2v) is 4.37. The van der Waals surface area contributed by atoms with Gasteiger partial charge < -0.3 is 19.9 Å². The second-order valence-electron chi connectivity index (χ2n) is 4.37. The molecule has 1 atom stereocenters. The molecule has 0 amide bonds. The van der Waals surface area contributed by atoms with Crippen LogP contribution in [-0.4, -0.2) is 25.9 Å². The summed E-state index contributed by atoms with van der Waals surface area (Å²) < 4.78 is 10.5. The lowest BCUT2D eigenvalue weighted by atomic mass is 10.1. The highest BCUT2D eigenvalue weighted by atomic mass is 35.5. The fourth-order valence-corrected chi connectivity index (χ4v) is 1.95. The van der Waals surface area contributed by atoms with Crippen LogP contribution in [-0.2, 0) is 0 Å². The van der Waals surface area contributed by atoms with Crippen molar-refractivity contribution in [2.75, 3.05) is 26.1 Å². The highest BCUT2D eigenvalue weighted by Gasteiger charge is 2.09. The van der Waals surface area contributed by atoms with Gasteiger partial charge in [0.25, 0.3) is 0 Å². The molecule has 2 rings (SSSR count). The monoisotopic (exact) mass is 309 g/mol. The number of aliphatic hydroxyl groups excluding tert-OH is 1. The number of hydrogen-bond donors (Lipinski definition) is 2. The third-order valence-electron chi connectivity index (χ3n) is 3.08. The minimum absolute atomic E-state index is 0. The normalized spacial score (nSPS) is 11.2. The predicted molar refractivity (Wildman–Crippen MR) is 86.7 cm³/mol. The molecule has 0 spiro atoms. The Balaban J connectivity index is 0.00000220. The molecule has 2 aromatic carbocycles. The molecule has 2 N–H and O–H groups in total. The van der Waals surface area contributed by atoms with E-state index < -0.39 is 6.10 Å². The first kappa shape index (κ1) is 17.1. The minimum atomic E-state index is -0.577. The third kappa shape index (κ3) is 4.55. The van der Waals surface area contributed by atoms with Crippen LogP contribution in [0.2, 0.25) is 0 Å². The molecule has 0 aliphatic heterocycles. The van der Waals surface area contributed by atoms with Crippen molar-refractivity contribution in [3.8, 4) is 11.5 Å². The largest absolute Gasteiger partial charge is 0.497 e. The molecule has 0 aliphatic carbocycles. The smallest absolute Gasteiger partial charge is 0.142 e. The zero-order chi connectivity index (χ0) is 14.4. The van der Waals surface area contributed by atoms with Gasteiger partial charge in [0.2, 0.25) is 0 Å². The van der Waals surface area contributed by atoms with Gasteiger partial charge in [-0.15, -0.1) is 12.4 Å². The van der Waals surface area contributed by atoms with E-state index in [1.54, 1.807) is 14.2 Å². The fourth-order valence-electron chi connectivity index (χ4n) is 1.95. The number of hydrogen-bond acceptors (Lipinski definition) is 4. The maximum absolute atomic E-state index is 10.1. The van der Waals surface area contributed by atoms with E-state index in [2.05, 4.69) is 5.32 Å². The van der Waals surface area contributed by atoms with Crippen molar-refractivity contribution in [3.05, 3.63) is 54.1 Å². The lowest BCUT2D eigenvalue weighted by Gasteiger charge is -2.16. The maximum atomic E-state index is 10.1. The Morgan fingerprint density at radius 1 is 1.05 bits per heavy atom. The van der Waals surface area contributed by atoms with E-state index >= 15 is 0 Å². The van der Waals surface area contributed by atoms with Crippen LogP contribution in [0.1, 0.15) is 11.7 Å². The zero-order valence-corrected chi connectivity index (χ0v) is 12.9. The second kappa shape index (κ2) is 8.39. The number of anilines is 1. The van der Waals surface area contributed by atoms with Crippen molar-refractivity contribution < 1.29 is 14.6 Å². The third-order valence-corrected chi connectivity index (χ3v) is 3.08. The van der Waals surface area contributed by atoms with Gasteiger partial charge in [0.05, 0.1) is 26.0 Å². The summed E-state index contributed by atoms with van der Waals surface area (Å²) in [5.41, 5.74) is 1.67. The van der Waals surface area contributed by atoms with Crippen molar-refractivity contribution >= 4 is 18.1 Å². The molecule has 0 saturated carbocycles. The number of rotatable bonds is 6. The van der Waals surface area contributed by atoms with Crippen molar-refractivity contribution in [2.24, 2.45) is 0 Å². The molecule has 2 aromatic rings. The van der Waals surface area contributed by atoms with E-state index in [1.165, 1.54) is 0 Å². The van der Waals surface area contributed by atoms with Crippen molar-refractivity contribution in [1.29, 1.82) is 0 Å². The highest BCUT2D eigenvalue weighted by Crippen LogP contribution is 2.29. The first-order valence-corrected chi connectivity index (χ1v) is 6.43. The number of methoxy groups -OCH3 is 2. The molecule has 0 radical (unpaired) electrons. The van der Waals surface area contributed by atoms with Gasteiger partial charge in [-0.1, -0.05) is 30.3 Å². The number of aliphatic hydroxyl groups is 1. The van der Waals surface area contributed by atoms with Gasteiger partial charge in [0, 0.05) is 12.6 Å². The standard InChI is InChI=1S/C16H19NO3.ClH/c1-19-13-8-9-16(20-2)14(10-13)17-11-15(18)12-6-4-3-5-7-12;/h3-10,15,17-18H,11H2,1-2H3;1H. The minimum Gasteiger partial charge on any atom is -0.497 e. The van der Waals surface area contributed by atoms with E-state index in [9.17, 15) is 5.11 Å². The molecule has 0 aliphatic rings. The SMILES string of the molecule is COc1ccc(OC)c(NCC(O)c2ccccc2)c1.Cl. The molecule has 4 nitrogen and oxygen atoms in total. The van der Waals surface area contributed by atoms with Gasteiger partial charge in [-0.2, -0.15) is 0 Å². The Morgan fingerprint density at radius 2 is 1.76 bits per heavy atom. The van der Waals surface area contributed by atoms with Crippen LogP contribution in [0.5, 0.6) is 11.5 Å². The molecule has 0 bridgehead atoms. The summed E-state index contributed by atoms with van der Waals surface area (Å²) in [4.78, 5) is 0. The van der Waals surface area contributed by atoms with Crippen LogP contribution < -0.4 is 14.8 Å². The maximum Gasteiger partial charge on any atom is 0.142 e. The van der Waals surface area contributed by atoms with Crippen LogP contribution in [0.3, 0.4) is 0 Å². The first-order chi connectivity index (χ1) is 9.74. The predicted octanol–water partition coefficient (Wildman–Crippen LogP) is 3.27. The molecule has 1 unspecified atom stereocenters. The average Bonchev–Trinajstić information content (AvgIpc) is 2.53. The summed E-state index contributed by atoms with van der Waals surface area (Å²) in [7, 11) is 3.23. The molecule has 0 fully saturated rings. The van der Waals surface area contributed by atoms with Crippen molar-refractivity contribution in [1.82, 2.24) is 0 Å². The zero-order valence-electron chi connectivity index (χ0n) is 12.1. The van der Waals surface area contributed by atoms with Gasteiger partial charge >= 0.3 is 0 Å². The molecule has 5 heteroatoms. The Hall–Kier alpha value is -1.91. The summed E-state index contributed by atoms with van der Waals surface area (Å²) in [6.07, 6.45) is -0.577. The molecule has 21 heavy (non-hydrogen) atoms. The van der Waals surface area contributed by atoms with E-state index in [-0.39, 0.29) is 12.4 Å². The van der Waals surface area contributed by atoms with E-state index in [1.807, 2.05) is 48.5 Å². The Bertz CT molecular complexity index is 548. The van der Waals surface area contributed by atoms with Crippen molar-refractivity contribution in [2.45, 2.75) is 6.10 Å². The molecule has 0 heterocycles. The summed E-state index contributed by atoms with van der Waals surface area (Å²) in [6, 6.07) is 15.0. The van der Waals surface area contributed by atoms with E-state index in [0.717, 1.165) is 17.0 Å². The van der Waals surface area contributed by atoms with Crippen LogP contribution in [0.25, 0.3) is 0 Å². The summed E-state index contributed by atoms with van der Waals surface area (Å²) in [5, 5.41) is 13.3. The quantitative estimate of drug-likeness (QED) is 0.860. The fraction of sp³-hybridized carbons (Fsp3) is 0.250. The Kier molecular flexibility index (Phi) is 6.85. The summed E-state index contributed by atoms with van der Waals surface area (Å²) in [5.74, 6) is 1.45. The van der Waals surface area contributed by atoms with Crippen LogP contribution in [0.15, 0.2) is 48.5 Å². The van der Waals surface area contributed by atoms with Crippen LogP contribution in [0.4, 0.5) is 5.69 Å². The number of halogens is 1. The van der Waals surface area contributed by atoms with Crippen molar-refractivity contribution in [3.63, 3.8) is 0 Å². The lowest BCUT2D eigenvalue weighted by molar-refractivity contribution is 0.191. The Morgan fingerprint density at radius 3 is 2.38 bits per heavy atom. The summed E-state index contributed by atoms with van der Waals surface area (Å²) in [6.45, 7) is 0.396. The first-order valence-electron chi connectivity index (χ1n) is 6.43. The van der Waals surface area contributed by atoms with Crippen LogP contribution in [0, 0.1) is 0 Å². The molecular formula is C16H20ClNO3. The molecule has 114 valence electrons. The van der Waals surface area contributed by atoms with Crippen LogP contribution >= 0.6 is 12.4 Å². The molecule has 0 saturated heterocycles. The summed E-state index contributed by atoms with van der Waals surface area (Å²) >= 11 is 0. The van der Waals surface area contributed by atoms with Gasteiger partial charge in [0.15, 0.2) is 0 Å². The topological polar surface area (TPSA) is 50.7 Å². The number of nitrogens with one attached hydrogen (secondary N) is 1. The number of benzene rings is 2. The van der Waals surface area contributed by atoms with Gasteiger partial charge in [-0.05, 0) is 17.7 Å². The van der Waals surface area contributed by atoms with E-state index in [4.69, 9.17) is 9.47 Å². The number of ether oxygens (including phenoxy) is 2. The Labute approximate surface area is 131 Å². The van der Waals surface area contributed by atoms with Gasteiger partial charge in [-0.25, -0.2) is 0 Å². The van der Waals surface area contributed by atoms with Gasteiger partial charge in [-0.3, -0.25) is 0 Å². The molecular weight excluding hydrogens is 290 g/mol. The molecule has 0 aromatic heterocycles. The highest BCUT2D eigenvalue weighted by molar-refractivity contribution is 5.85. The van der Waals surface area contributed by atoms with E-state index in [0.29, 0.717) is 12.3 Å².